The van der Waals surface area contributed by atoms with Crippen LogP contribution in [0, 0.1) is 10.1 Å². The van der Waals surface area contributed by atoms with Gasteiger partial charge >= 0.3 is 0 Å². The third-order valence-electron chi connectivity index (χ3n) is 2.55. The fourth-order valence-corrected chi connectivity index (χ4v) is 1.60. The Kier molecular flexibility index (Phi) is 3.89. The summed E-state index contributed by atoms with van der Waals surface area (Å²) in [6.45, 7) is 0.350. The second-order valence-electron chi connectivity index (χ2n) is 3.88. The number of nitrogens with zero attached hydrogens (tertiary/aromatic N) is 3. The Labute approximate surface area is 112 Å². The van der Waals surface area contributed by atoms with Crippen molar-refractivity contribution in [2.75, 3.05) is 11.9 Å². The first kappa shape index (κ1) is 13.5. The van der Waals surface area contributed by atoms with Crippen LogP contribution in [0.5, 0.6) is 0 Å². The number of hydrogen-bond donors (Lipinski definition) is 2. The van der Waals surface area contributed by atoms with Crippen LogP contribution in [0.3, 0.4) is 0 Å². The van der Waals surface area contributed by atoms with Crippen molar-refractivity contribution >= 4 is 17.3 Å². The summed E-state index contributed by atoms with van der Waals surface area (Å²) in [6, 6.07) is 3.89. The lowest BCUT2D eigenvalue weighted by atomic mass is 10.1. The molecule has 0 radical (unpaired) electrons. The molecule has 0 unspecified atom stereocenters. The summed E-state index contributed by atoms with van der Waals surface area (Å²) in [5, 5.41) is 17.4. The predicted octanol–water partition coefficient (Wildman–Crippen LogP) is 0.731. The van der Waals surface area contributed by atoms with Crippen LogP contribution in [0.1, 0.15) is 16.2 Å². The van der Waals surface area contributed by atoms with Crippen molar-refractivity contribution in [1.29, 1.82) is 0 Å². The third-order valence-corrected chi connectivity index (χ3v) is 2.55. The van der Waals surface area contributed by atoms with E-state index >= 15 is 0 Å². The maximum atomic E-state index is 11.1. The minimum Gasteiger partial charge on any atom is -0.379 e. The number of primary amides is 1. The lowest BCUT2D eigenvalue weighted by Crippen LogP contribution is -2.13. The van der Waals surface area contributed by atoms with Crippen LogP contribution in [0.2, 0.25) is 0 Å². The summed E-state index contributed by atoms with van der Waals surface area (Å²) in [6.07, 6.45) is 1.62. The van der Waals surface area contributed by atoms with E-state index in [1.807, 2.05) is 0 Å². The summed E-state index contributed by atoms with van der Waals surface area (Å²) in [7, 11) is 0. The van der Waals surface area contributed by atoms with E-state index in [2.05, 4.69) is 20.0 Å². The molecule has 1 amide bonds. The maximum Gasteiger partial charge on any atom is 0.292 e. The number of nitrogens with two attached hydrogens (primary N) is 1. The average molecular weight is 277 g/mol. The van der Waals surface area contributed by atoms with Gasteiger partial charge in [0.05, 0.1) is 4.92 Å². The van der Waals surface area contributed by atoms with Crippen LogP contribution in [0.25, 0.3) is 0 Å². The van der Waals surface area contributed by atoms with Crippen molar-refractivity contribution in [3.8, 4) is 0 Å². The summed E-state index contributed by atoms with van der Waals surface area (Å²) < 4.78 is 4.57. The highest BCUT2D eigenvalue weighted by Crippen LogP contribution is 2.25. The number of hydrogen-bond acceptors (Lipinski definition) is 7. The number of nitro groups is 1. The second kappa shape index (κ2) is 5.78. The summed E-state index contributed by atoms with van der Waals surface area (Å²) in [5.74, 6) is -0.174. The number of rotatable bonds is 6. The molecular weight excluding hydrogens is 266 g/mol. The number of anilines is 1. The molecule has 0 spiro atoms. The van der Waals surface area contributed by atoms with Gasteiger partial charge in [-0.2, -0.15) is 4.98 Å². The van der Waals surface area contributed by atoms with E-state index in [-0.39, 0.29) is 16.9 Å². The number of amides is 1. The number of carbonyl (C=O) groups excluding carboxylic acids is 1. The fraction of sp³-hybridized carbons (Fsp3) is 0.182. The van der Waals surface area contributed by atoms with Gasteiger partial charge in [0.2, 0.25) is 12.3 Å². The van der Waals surface area contributed by atoms with Gasteiger partial charge in [0.15, 0.2) is 5.82 Å². The topological polar surface area (TPSA) is 137 Å². The van der Waals surface area contributed by atoms with Crippen molar-refractivity contribution < 1.29 is 14.2 Å². The molecule has 0 aliphatic heterocycles. The molecule has 0 fully saturated rings. The molecule has 0 saturated carbocycles. The molecule has 0 aliphatic carbocycles. The number of benzene rings is 1. The van der Waals surface area contributed by atoms with E-state index in [1.54, 1.807) is 0 Å². The predicted molar refractivity (Wildman–Crippen MR) is 68.1 cm³/mol. The van der Waals surface area contributed by atoms with E-state index in [4.69, 9.17) is 5.73 Å². The van der Waals surface area contributed by atoms with Gasteiger partial charge in [-0.3, -0.25) is 14.9 Å². The minimum absolute atomic E-state index is 0.136. The summed E-state index contributed by atoms with van der Waals surface area (Å²) in [5.41, 5.74) is 5.42. The zero-order chi connectivity index (χ0) is 14.5. The Morgan fingerprint density at radius 2 is 2.30 bits per heavy atom. The van der Waals surface area contributed by atoms with Gasteiger partial charge in [-0.15, -0.1) is 0 Å². The van der Waals surface area contributed by atoms with Gasteiger partial charge in [-0.05, 0) is 12.1 Å². The average Bonchev–Trinajstić information content (AvgIpc) is 2.91. The van der Waals surface area contributed by atoms with Crippen molar-refractivity contribution in [3.63, 3.8) is 0 Å². The molecule has 1 aromatic carbocycles. The molecule has 1 aromatic heterocycles. The molecule has 0 bridgehead atoms. The molecule has 2 aromatic rings. The van der Waals surface area contributed by atoms with Crippen molar-refractivity contribution in [3.05, 3.63) is 46.1 Å². The zero-order valence-corrected chi connectivity index (χ0v) is 10.3. The molecule has 20 heavy (non-hydrogen) atoms. The maximum absolute atomic E-state index is 11.1. The van der Waals surface area contributed by atoms with E-state index in [0.29, 0.717) is 18.8 Å². The van der Waals surface area contributed by atoms with Crippen molar-refractivity contribution in [2.45, 2.75) is 6.42 Å². The van der Waals surface area contributed by atoms with Gasteiger partial charge < -0.3 is 15.6 Å². The van der Waals surface area contributed by atoms with Crippen LogP contribution in [-0.4, -0.2) is 27.5 Å². The number of nitrogens with one attached hydrogen (secondary N) is 1. The Balaban J connectivity index is 2.13. The number of carbonyl (C=O) groups is 1. The molecule has 2 rings (SSSR count). The molecule has 3 N–H and O–H groups in total. The Morgan fingerprint density at radius 3 is 2.90 bits per heavy atom. The summed E-state index contributed by atoms with van der Waals surface area (Å²) in [4.78, 5) is 25.3. The Hall–Kier alpha value is -2.97. The Bertz CT molecular complexity index is 626. The van der Waals surface area contributed by atoms with Crippen LogP contribution in [0.4, 0.5) is 11.4 Å². The molecule has 9 nitrogen and oxygen atoms in total. The molecule has 9 heteroatoms. The first-order valence-corrected chi connectivity index (χ1v) is 5.65. The highest BCUT2D eigenvalue weighted by atomic mass is 16.6. The van der Waals surface area contributed by atoms with Crippen LogP contribution < -0.4 is 11.1 Å². The number of nitro benzene ring substituents is 1. The fourth-order valence-electron chi connectivity index (χ4n) is 1.60. The molecule has 0 saturated heterocycles. The molecule has 0 aliphatic rings. The molecular formula is C11H11N5O4. The van der Waals surface area contributed by atoms with E-state index in [0.717, 1.165) is 0 Å². The first-order valence-electron chi connectivity index (χ1n) is 5.65. The highest BCUT2D eigenvalue weighted by Gasteiger charge is 2.15. The van der Waals surface area contributed by atoms with Gasteiger partial charge in [0, 0.05) is 24.6 Å². The third kappa shape index (κ3) is 3.07. The van der Waals surface area contributed by atoms with Crippen LogP contribution in [0.15, 0.2) is 29.1 Å². The van der Waals surface area contributed by atoms with E-state index in [9.17, 15) is 14.9 Å². The Morgan fingerprint density at radius 1 is 1.50 bits per heavy atom. The highest BCUT2D eigenvalue weighted by molar-refractivity contribution is 5.94. The minimum atomic E-state index is -0.652. The largest absolute Gasteiger partial charge is 0.379 e. The standard InChI is InChI=1S/C11H11N5O4/c12-11(17)7-1-2-9(16(18)19)8(5-7)13-4-3-10-14-6-20-15-10/h1-2,5-6,13H,3-4H2,(H2,12,17). The first-order chi connectivity index (χ1) is 9.58. The normalized spacial score (nSPS) is 10.2. The van der Waals surface area contributed by atoms with Gasteiger partial charge in [-0.25, -0.2) is 0 Å². The lowest BCUT2D eigenvalue weighted by Gasteiger charge is -2.07. The zero-order valence-electron chi connectivity index (χ0n) is 10.3. The smallest absolute Gasteiger partial charge is 0.292 e. The molecule has 104 valence electrons. The SMILES string of the molecule is NC(=O)c1ccc([N+](=O)[O-])c(NCCc2ncon2)c1. The van der Waals surface area contributed by atoms with Crippen molar-refractivity contribution in [2.24, 2.45) is 5.73 Å². The number of aromatic nitrogens is 2. The second-order valence-corrected chi connectivity index (χ2v) is 3.88. The van der Waals surface area contributed by atoms with E-state index < -0.39 is 10.8 Å². The summed E-state index contributed by atoms with van der Waals surface area (Å²) >= 11 is 0. The monoisotopic (exact) mass is 277 g/mol. The lowest BCUT2D eigenvalue weighted by molar-refractivity contribution is -0.384. The van der Waals surface area contributed by atoms with Gasteiger partial charge in [-0.1, -0.05) is 5.16 Å². The van der Waals surface area contributed by atoms with Crippen molar-refractivity contribution in [1.82, 2.24) is 10.1 Å². The van der Waals surface area contributed by atoms with E-state index in [1.165, 1.54) is 24.6 Å². The van der Waals surface area contributed by atoms with Crippen LogP contribution >= 0.6 is 0 Å². The quantitative estimate of drug-likeness (QED) is 0.586. The molecule has 0 atom stereocenters. The van der Waals surface area contributed by atoms with Gasteiger partial charge in [0.25, 0.3) is 5.69 Å². The van der Waals surface area contributed by atoms with Gasteiger partial charge in [0.1, 0.15) is 5.69 Å². The van der Waals surface area contributed by atoms with Crippen LogP contribution in [-0.2, 0) is 6.42 Å². The molecule has 1 heterocycles.